The van der Waals surface area contributed by atoms with Crippen LogP contribution in [0, 0.1) is 12.7 Å². The van der Waals surface area contributed by atoms with Crippen molar-refractivity contribution in [2.24, 2.45) is 0 Å². The number of aryl methyl sites for hydroxylation is 2. The predicted octanol–water partition coefficient (Wildman–Crippen LogP) is 2.99. The third kappa shape index (κ3) is 2.99. The highest BCUT2D eigenvalue weighted by Crippen LogP contribution is 2.17. The van der Waals surface area contributed by atoms with Gasteiger partial charge in [-0.3, -0.25) is 9.48 Å². The summed E-state index contributed by atoms with van der Waals surface area (Å²) in [5.74, 6) is -0.650. The zero-order valence-electron chi connectivity index (χ0n) is 11.0. The topological polar surface area (TPSA) is 46.9 Å². The van der Waals surface area contributed by atoms with Crippen molar-refractivity contribution < 1.29 is 9.18 Å². The number of benzene rings is 1. The molecular weight excluding hydrogens is 245 g/mol. The molecule has 100 valence electrons. The van der Waals surface area contributed by atoms with Gasteiger partial charge in [-0.1, -0.05) is 13.0 Å². The molecule has 0 saturated heterocycles. The third-order valence-electron chi connectivity index (χ3n) is 2.83. The molecule has 19 heavy (non-hydrogen) atoms. The highest BCUT2D eigenvalue weighted by atomic mass is 19.1. The van der Waals surface area contributed by atoms with Gasteiger partial charge in [-0.15, -0.1) is 0 Å². The number of carbonyl (C=O) groups is 1. The molecule has 0 bridgehead atoms. The van der Waals surface area contributed by atoms with Crippen LogP contribution in [0.1, 0.15) is 29.4 Å². The van der Waals surface area contributed by atoms with Crippen molar-refractivity contribution in [3.8, 4) is 0 Å². The molecule has 0 radical (unpaired) electrons. The molecule has 0 spiro atoms. The van der Waals surface area contributed by atoms with Crippen molar-refractivity contribution >= 4 is 11.6 Å². The van der Waals surface area contributed by atoms with Gasteiger partial charge >= 0.3 is 0 Å². The van der Waals surface area contributed by atoms with Crippen molar-refractivity contribution in [2.75, 3.05) is 5.32 Å². The van der Waals surface area contributed by atoms with Gasteiger partial charge in [0, 0.05) is 18.4 Å². The second-order valence-electron chi connectivity index (χ2n) is 4.35. The molecule has 5 heteroatoms. The average Bonchev–Trinajstić information content (AvgIpc) is 2.82. The van der Waals surface area contributed by atoms with Gasteiger partial charge < -0.3 is 5.32 Å². The molecule has 0 aliphatic carbocycles. The lowest BCUT2D eigenvalue weighted by Crippen LogP contribution is -2.18. The summed E-state index contributed by atoms with van der Waals surface area (Å²) >= 11 is 0. The van der Waals surface area contributed by atoms with E-state index in [-0.39, 0.29) is 11.7 Å². The molecule has 0 aliphatic rings. The highest BCUT2D eigenvalue weighted by molar-refractivity contribution is 6.03. The molecule has 0 aliphatic heterocycles. The number of rotatable bonds is 4. The van der Waals surface area contributed by atoms with Crippen molar-refractivity contribution in [1.82, 2.24) is 9.78 Å². The lowest BCUT2D eigenvalue weighted by Gasteiger charge is -2.09. The molecule has 1 N–H and O–H groups in total. The molecule has 2 aromatic rings. The maximum absolute atomic E-state index is 13.2. The first-order valence-electron chi connectivity index (χ1n) is 6.21. The number of hydrogen-bond acceptors (Lipinski definition) is 2. The van der Waals surface area contributed by atoms with Gasteiger partial charge in [0.25, 0.3) is 5.91 Å². The van der Waals surface area contributed by atoms with E-state index in [1.54, 1.807) is 23.0 Å². The molecular formula is C14H16FN3O. The summed E-state index contributed by atoms with van der Waals surface area (Å²) in [6.07, 6.45) is 2.48. The number of aromatic nitrogens is 2. The molecule has 2 rings (SSSR count). The SMILES string of the molecule is CCCn1nccc1C(=O)Nc1cc(F)ccc1C. The summed E-state index contributed by atoms with van der Waals surface area (Å²) in [6.45, 7) is 4.51. The van der Waals surface area contributed by atoms with E-state index in [4.69, 9.17) is 0 Å². The van der Waals surface area contributed by atoms with E-state index < -0.39 is 0 Å². The largest absolute Gasteiger partial charge is 0.320 e. The van der Waals surface area contributed by atoms with Crippen LogP contribution in [-0.4, -0.2) is 15.7 Å². The minimum atomic E-state index is -0.372. The molecule has 1 aromatic heterocycles. The van der Waals surface area contributed by atoms with Crippen molar-refractivity contribution in [3.63, 3.8) is 0 Å². The number of hydrogen-bond donors (Lipinski definition) is 1. The Morgan fingerprint density at radius 3 is 2.95 bits per heavy atom. The monoisotopic (exact) mass is 261 g/mol. The fourth-order valence-corrected chi connectivity index (χ4v) is 1.83. The van der Waals surface area contributed by atoms with E-state index in [2.05, 4.69) is 10.4 Å². The molecule has 1 heterocycles. The van der Waals surface area contributed by atoms with Gasteiger partial charge in [0.1, 0.15) is 11.5 Å². The fraction of sp³-hybridized carbons (Fsp3) is 0.286. The summed E-state index contributed by atoms with van der Waals surface area (Å²) in [7, 11) is 0. The van der Waals surface area contributed by atoms with E-state index in [0.717, 1.165) is 12.0 Å². The van der Waals surface area contributed by atoms with E-state index >= 15 is 0 Å². The molecule has 1 amide bonds. The summed E-state index contributed by atoms with van der Waals surface area (Å²) in [6, 6.07) is 5.97. The summed E-state index contributed by atoms with van der Waals surface area (Å²) in [4.78, 5) is 12.1. The Morgan fingerprint density at radius 2 is 2.21 bits per heavy atom. The molecule has 0 fully saturated rings. The standard InChI is InChI=1S/C14H16FN3O/c1-3-8-18-13(6-7-16-18)14(19)17-12-9-11(15)5-4-10(12)2/h4-7,9H,3,8H2,1-2H3,(H,17,19). The van der Waals surface area contributed by atoms with Crippen molar-refractivity contribution in [3.05, 3.63) is 47.5 Å². The van der Waals surface area contributed by atoms with Crippen LogP contribution in [0.15, 0.2) is 30.5 Å². The lowest BCUT2D eigenvalue weighted by atomic mass is 10.2. The number of carbonyl (C=O) groups excluding carboxylic acids is 1. The number of halogens is 1. The Labute approximate surface area is 111 Å². The molecule has 0 unspecified atom stereocenters. The summed E-state index contributed by atoms with van der Waals surface area (Å²) < 4.78 is 14.8. The second kappa shape index (κ2) is 5.65. The quantitative estimate of drug-likeness (QED) is 0.919. The Bertz CT molecular complexity index is 592. The van der Waals surface area contributed by atoms with Crippen LogP contribution in [-0.2, 0) is 6.54 Å². The van der Waals surface area contributed by atoms with Crippen LogP contribution < -0.4 is 5.32 Å². The fourth-order valence-electron chi connectivity index (χ4n) is 1.83. The Morgan fingerprint density at radius 1 is 1.42 bits per heavy atom. The van der Waals surface area contributed by atoms with Crippen LogP contribution in [0.3, 0.4) is 0 Å². The number of anilines is 1. The van der Waals surface area contributed by atoms with Gasteiger partial charge in [-0.25, -0.2) is 4.39 Å². The first-order valence-corrected chi connectivity index (χ1v) is 6.21. The van der Waals surface area contributed by atoms with E-state index in [1.165, 1.54) is 12.1 Å². The first kappa shape index (κ1) is 13.3. The van der Waals surface area contributed by atoms with Crippen molar-refractivity contribution in [2.45, 2.75) is 26.8 Å². The molecule has 1 aromatic carbocycles. The van der Waals surface area contributed by atoms with Gasteiger partial charge in [-0.05, 0) is 37.1 Å². The zero-order valence-corrected chi connectivity index (χ0v) is 11.0. The lowest BCUT2D eigenvalue weighted by molar-refractivity contribution is 0.101. The van der Waals surface area contributed by atoms with E-state index in [0.29, 0.717) is 17.9 Å². The highest BCUT2D eigenvalue weighted by Gasteiger charge is 2.13. The maximum Gasteiger partial charge on any atom is 0.273 e. The zero-order chi connectivity index (χ0) is 13.8. The van der Waals surface area contributed by atoms with E-state index in [1.807, 2.05) is 13.8 Å². The second-order valence-corrected chi connectivity index (χ2v) is 4.35. The normalized spacial score (nSPS) is 10.5. The van der Waals surface area contributed by atoms with Gasteiger partial charge in [0.05, 0.1) is 0 Å². The van der Waals surface area contributed by atoms with Crippen LogP contribution in [0.5, 0.6) is 0 Å². The van der Waals surface area contributed by atoms with Gasteiger partial charge in [0.2, 0.25) is 0 Å². The maximum atomic E-state index is 13.2. The number of nitrogens with one attached hydrogen (secondary N) is 1. The number of nitrogens with zero attached hydrogens (tertiary/aromatic N) is 2. The third-order valence-corrected chi connectivity index (χ3v) is 2.83. The van der Waals surface area contributed by atoms with Gasteiger partial charge in [0.15, 0.2) is 0 Å². The molecule has 0 atom stereocenters. The van der Waals surface area contributed by atoms with Crippen molar-refractivity contribution in [1.29, 1.82) is 0 Å². The van der Waals surface area contributed by atoms with E-state index in [9.17, 15) is 9.18 Å². The first-order chi connectivity index (χ1) is 9.11. The van der Waals surface area contributed by atoms with Gasteiger partial charge in [-0.2, -0.15) is 5.10 Å². The van der Waals surface area contributed by atoms with Crippen LogP contribution in [0.25, 0.3) is 0 Å². The summed E-state index contributed by atoms with van der Waals surface area (Å²) in [5.41, 5.74) is 1.77. The predicted molar refractivity (Wildman–Crippen MR) is 71.6 cm³/mol. The average molecular weight is 261 g/mol. The summed E-state index contributed by atoms with van der Waals surface area (Å²) in [5, 5.41) is 6.80. The Kier molecular flexibility index (Phi) is 3.94. The minimum Gasteiger partial charge on any atom is -0.320 e. The Balaban J connectivity index is 2.21. The smallest absolute Gasteiger partial charge is 0.273 e. The van der Waals surface area contributed by atoms with Crippen LogP contribution in [0.2, 0.25) is 0 Å². The van der Waals surface area contributed by atoms with Crippen LogP contribution in [0.4, 0.5) is 10.1 Å². The number of amides is 1. The minimum absolute atomic E-state index is 0.278. The Hall–Kier alpha value is -2.17. The molecule has 0 saturated carbocycles. The van der Waals surface area contributed by atoms with Crippen LogP contribution >= 0.6 is 0 Å². The molecule has 4 nitrogen and oxygen atoms in total.